The maximum Gasteiger partial charge on any atom is 0.418 e. The molecular formula is C35H43F3N8O3. The highest BCUT2D eigenvalue weighted by Gasteiger charge is 2.39. The minimum Gasteiger partial charge on any atom is -0.466 e. The Labute approximate surface area is 283 Å². The summed E-state index contributed by atoms with van der Waals surface area (Å²) < 4.78 is 53.1. The van der Waals surface area contributed by atoms with Gasteiger partial charge in [0.1, 0.15) is 17.0 Å². The van der Waals surface area contributed by atoms with Gasteiger partial charge < -0.3 is 24.3 Å². The van der Waals surface area contributed by atoms with E-state index in [0.717, 1.165) is 31.0 Å². The van der Waals surface area contributed by atoms with Gasteiger partial charge in [-0.05, 0) is 51.2 Å². The number of imidazole rings is 1. The molecule has 2 fully saturated rings. The number of aromatic amines is 1. The summed E-state index contributed by atoms with van der Waals surface area (Å²) in [7, 11) is 3.67. The number of hydrogen-bond donors (Lipinski definition) is 1. The number of aryl methyl sites for hydroxylation is 1. The molecular weight excluding hydrogens is 637 g/mol. The van der Waals surface area contributed by atoms with Crippen LogP contribution in [-0.2, 0) is 26.9 Å². The summed E-state index contributed by atoms with van der Waals surface area (Å²) in [4.78, 5) is 42.7. The van der Waals surface area contributed by atoms with Crippen molar-refractivity contribution in [2.75, 3.05) is 56.8 Å². The summed E-state index contributed by atoms with van der Waals surface area (Å²) in [6.07, 6.45) is 5.56. The lowest BCUT2D eigenvalue weighted by Crippen LogP contribution is -2.44. The highest BCUT2D eigenvalue weighted by atomic mass is 19.4. The maximum atomic E-state index is 14.1. The Morgan fingerprint density at radius 2 is 1.84 bits per heavy atom. The molecule has 1 saturated heterocycles. The number of nitrogens with one attached hydrogen (secondary N) is 1. The van der Waals surface area contributed by atoms with E-state index in [2.05, 4.69) is 29.7 Å². The molecule has 0 aromatic carbocycles. The topological polar surface area (TPSA) is 122 Å². The molecule has 0 spiro atoms. The van der Waals surface area contributed by atoms with Crippen LogP contribution in [0.3, 0.4) is 0 Å². The molecule has 1 saturated carbocycles. The van der Waals surface area contributed by atoms with Crippen LogP contribution in [-0.4, -0.2) is 82.9 Å². The second kappa shape index (κ2) is 14.3. The van der Waals surface area contributed by atoms with E-state index in [9.17, 15) is 18.0 Å². The van der Waals surface area contributed by atoms with Gasteiger partial charge in [-0.1, -0.05) is 19.8 Å². The molecule has 49 heavy (non-hydrogen) atoms. The number of pyridine rings is 2. The Kier molecular flexibility index (Phi) is 10.0. The molecule has 262 valence electrons. The first kappa shape index (κ1) is 34.5. The molecule has 2 aliphatic rings. The van der Waals surface area contributed by atoms with Gasteiger partial charge in [0, 0.05) is 51.0 Å². The molecule has 1 aliphatic carbocycles. The molecule has 0 radical (unpaired) electrons. The van der Waals surface area contributed by atoms with Crippen molar-refractivity contribution < 1.29 is 27.4 Å². The molecule has 5 heterocycles. The first-order chi connectivity index (χ1) is 23.5. The van der Waals surface area contributed by atoms with Gasteiger partial charge in [-0.25, -0.2) is 19.9 Å². The number of carbonyl (C=O) groups excluding carboxylic acids is 1. The quantitative estimate of drug-likeness (QED) is 0.166. The monoisotopic (exact) mass is 680 g/mol. The molecule has 1 aliphatic heterocycles. The second-order valence-corrected chi connectivity index (χ2v) is 13.2. The van der Waals surface area contributed by atoms with Crippen LogP contribution in [0, 0.1) is 11.3 Å². The summed E-state index contributed by atoms with van der Waals surface area (Å²) >= 11 is 0. The van der Waals surface area contributed by atoms with Crippen LogP contribution in [0.2, 0.25) is 0 Å². The van der Waals surface area contributed by atoms with Crippen LogP contribution >= 0.6 is 0 Å². The van der Waals surface area contributed by atoms with E-state index < -0.39 is 11.7 Å². The molecule has 14 heteroatoms. The molecule has 0 unspecified atom stereocenters. The molecule has 4 aromatic rings. The number of halogens is 3. The number of hydrogen-bond acceptors (Lipinski definition) is 10. The Bertz CT molecular complexity index is 1770. The normalized spacial score (nSPS) is 16.5. The lowest BCUT2D eigenvalue weighted by atomic mass is 9.69. The predicted octanol–water partition coefficient (Wildman–Crippen LogP) is 6.48. The van der Waals surface area contributed by atoms with Crippen LogP contribution in [0.5, 0.6) is 0 Å². The summed E-state index contributed by atoms with van der Waals surface area (Å²) in [6.45, 7) is 6.65. The summed E-state index contributed by atoms with van der Waals surface area (Å²) in [6, 6.07) is 2.94. The zero-order chi connectivity index (χ0) is 34.8. The van der Waals surface area contributed by atoms with Crippen molar-refractivity contribution in [1.82, 2.24) is 29.9 Å². The van der Waals surface area contributed by atoms with Crippen molar-refractivity contribution in [1.29, 1.82) is 0 Å². The number of alkyl halides is 3. The van der Waals surface area contributed by atoms with Gasteiger partial charge in [-0.3, -0.25) is 9.78 Å². The van der Waals surface area contributed by atoms with E-state index in [1.165, 1.54) is 6.20 Å². The van der Waals surface area contributed by atoms with Gasteiger partial charge in [-0.2, -0.15) is 13.2 Å². The van der Waals surface area contributed by atoms with Crippen LogP contribution in [0.4, 0.5) is 24.7 Å². The Morgan fingerprint density at radius 3 is 2.45 bits per heavy atom. The zero-order valence-corrected chi connectivity index (χ0v) is 28.4. The molecule has 0 bridgehead atoms. The van der Waals surface area contributed by atoms with Crippen molar-refractivity contribution in [3.05, 3.63) is 42.0 Å². The Morgan fingerprint density at radius 1 is 1.06 bits per heavy atom. The smallest absolute Gasteiger partial charge is 0.418 e. The lowest BCUT2D eigenvalue weighted by Gasteiger charge is -2.44. The van der Waals surface area contributed by atoms with Gasteiger partial charge >= 0.3 is 12.1 Å². The number of esters is 1. The number of methoxy groups -OCH3 is 1. The number of nitrogens with zero attached hydrogens (tertiary/aromatic N) is 7. The van der Waals surface area contributed by atoms with E-state index in [0.29, 0.717) is 86.3 Å². The van der Waals surface area contributed by atoms with Gasteiger partial charge in [0.2, 0.25) is 0 Å². The highest BCUT2D eigenvalue weighted by molar-refractivity contribution is 5.91. The summed E-state index contributed by atoms with van der Waals surface area (Å²) in [5.41, 5.74) is 2.11. The fraction of sp³-hybridized carbons (Fsp3) is 0.543. The number of rotatable bonds is 12. The number of carbonyl (C=O) groups is 1. The number of fused-ring (bicyclic) bond motifs is 1. The summed E-state index contributed by atoms with van der Waals surface area (Å²) in [5, 5.41) is 0. The predicted molar refractivity (Wildman–Crippen MR) is 180 cm³/mol. The van der Waals surface area contributed by atoms with E-state index in [1.54, 1.807) is 25.6 Å². The average Bonchev–Trinajstić information content (AvgIpc) is 3.51. The lowest BCUT2D eigenvalue weighted by molar-refractivity contribution is -0.148. The highest BCUT2D eigenvalue weighted by Crippen LogP contribution is 2.43. The third-order valence-electron chi connectivity index (χ3n) is 9.67. The van der Waals surface area contributed by atoms with Crippen molar-refractivity contribution in [2.45, 2.75) is 65.0 Å². The SMILES string of the molecule is CCCc1ncc(-c2cc(N(C)CC3(COC)CCC3)c3[nH]c(-c4cnc(N5CCC(C(=O)OCC)CC5)cn4)nc3n2)cc1C(F)(F)F. The number of ether oxygens (including phenoxy) is 2. The first-order valence-electron chi connectivity index (χ1n) is 17.0. The Balaban J connectivity index is 1.34. The van der Waals surface area contributed by atoms with Crippen LogP contribution in [0.15, 0.2) is 30.7 Å². The number of anilines is 2. The molecule has 1 N–H and O–H groups in total. The average molecular weight is 681 g/mol. The molecule has 0 amide bonds. The summed E-state index contributed by atoms with van der Waals surface area (Å²) in [5.74, 6) is 0.883. The minimum atomic E-state index is -4.55. The van der Waals surface area contributed by atoms with Crippen molar-refractivity contribution >= 4 is 28.6 Å². The van der Waals surface area contributed by atoms with Gasteiger partial charge in [0.05, 0.1) is 54.2 Å². The van der Waals surface area contributed by atoms with Crippen molar-refractivity contribution in [3.8, 4) is 22.8 Å². The number of piperidine rings is 1. The van der Waals surface area contributed by atoms with Gasteiger partial charge in [0.25, 0.3) is 0 Å². The fourth-order valence-corrected chi connectivity index (χ4v) is 6.99. The van der Waals surface area contributed by atoms with Gasteiger partial charge in [-0.15, -0.1) is 0 Å². The van der Waals surface area contributed by atoms with E-state index in [4.69, 9.17) is 19.4 Å². The Hall–Kier alpha value is -4.33. The van der Waals surface area contributed by atoms with Gasteiger partial charge in [0.15, 0.2) is 11.5 Å². The molecule has 0 atom stereocenters. The van der Waals surface area contributed by atoms with Crippen LogP contribution < -0.4 is 9.80 Å². The number of H-pyrrole nitrogens is 1. The maximum absolute atomic E-state index is 14.1. The van der Waals surface area contributed by atoms with Crippen molar-refractivity contribution in [3.63, 3.8) is 0 Å². The largest absolute Gasteiger partial charge is 0.466 e. The second-order valence-electron chi connectivity index (χ2n) is 13.2. The molecule has 4 aromatic heterocycles. The van der Waals surface area contributed by atoms with Crippen molar-refractivity contribution in [2.24, 2.45) is 11.3 Å². The molecule has 11 nitrogen and oxygen atoms in total. The molecule has 6 rings (SSSR count). The van der Waals surface area contributed by atoms with Crippen LogP contribution in [0.1, 0.15) is 63.6 Å². The number of aromatic nitrogens is 6. The zero-order valence-electron chi connectivity index (χ0n) is 28.4. The third kappa shape index (κ3) is 7.34. The fourth-order valence-electron chi connectivity index (χ4n) is 6.99. The van der Waals surface area contributed by atoms with Crippen LogP contribution in [0.25, 0.3) is 33.9 Å². The minimum absolute atomic E-state index is 0.0129. The van der Waals surface area contributed by atoms with E-state index >= 15 is 0 Å². The van der Waals surface area contributed by atoms with E-state index in [1.807, 2.05) is 20.9 Å². The standard InChI is InChI=1S/C35H43F3N8O3/c1-5-8-25-24(35(36,37)38)15-23(17-39-25)26-16-28(45(3)20-34(21-48-4)11-7-12-34)30-32(42-26)44-31(43-30)27-18-41-29(19-40-27)46-13-9-22(10-14-46)33(47)49-6-2/h15-19,22H,5-14,20-21H2,1-4H3,(H,42,43,44). The first-order valence-corrected chi connectivity index (χ1v) is 17.0. The van der Waals surface area contributed by atoms with E-state index in [-0.39, 0.29) is 35.0 Å². The third-order valence-corrected chi connectivity index (χ3v) is 9.67.